The number of nitrogens with zero attached hydrogens (tertiary/aromatic N) is 1. The van der Waals surface area contributed by atoms with E-state index in [1.807, 2.05) is 13.8 Å². The van der Waals surface area contributed by atoms with Crippen LogP contribution < -0.4 is 10.1 Å². The summed E-state index contributed by atoms with van der Waals surface area (Å²) in [5.74, 6) is -0.241. The maximum atomic E-state index is 12.1. The minimum atomic E-state index is -4.42. The lowest BCUT2D eigenvalue weighted by Crippen LogP contribution is -2.19. The molecule has 0 aliphatic heterocycles. The van der Waals surface area contributed by atoms with Gasteiger partial charge < -0.3 is 10.1 Å². The molecule has 8 heteroatoms. The van der Waals surface area contributed by atoms with Crippen LogP contribution in [0, 0.1) is 0 Å². The van der Waals surface area contributed by atoms with Crippen LogP contribution in [0.25, 0.3) is 0 Å². The van der Waals surface area contributed by atoms with Gasteiger partial charge in [-0.05, 0) is 24.1 Å². The molecule has 2 aromatic rings. The normalized spacial score (nSPS) is 11.6. The number of halogens is 3. The van der Waals surface area contributed by atoms with Crippen LogP contribution in [-0.4, -0.2) is 28.9 Å². The van der Waals surface area contributed by atoms with E-state index in [0.717, 1.165) is 5.69 Å². The Morgan fingerprint density at radius 2 is 2.09 bits per heavy atom. The molecule has 0 unspecified atom stereocenters. The van der Waals surface area contributed by atoms with Crippen molar-refractivity contribution < 1.29 is 22.7 Å². The Bertz CT molecular complexity index is 681. The number of carbonyl (C=O) groups is 1. The number of aromatic amines is 1. The van der Waals surface area contributed by atoms with E-state index in [1.54, 1.807) is 12.1 Å². The van der Waals surface area contributed by atoms with Gasteiger partial charge >= 0.3 is 6.18 Å². The van der Waals surface area contributed by atoms with Crippen LogP contribution in [0.3, 0.4) is 0 Å². The number of aromatic nitrogens is 2. The van der Waals surface area contributed by atoms with E-state index in [0.29, 0.717) is 5.69 Å². The number of alkyl halides is 3. The zero-order chi connectivity index (χ0) is 17.0. The number of rotatable bonds is 5. The summed E-state index contributed by atoms with van der Waals surface area (Å²) in [4.78, 5) is 12.1. The summed E-state index contributed by atoms with van der Waals surface area (Å²) in [7, 11) is 0. The van der Waals surface area contributed by atoms with Crippen molar-refractivity contribution in [3.8, 4) is 5.75 Å². The Hall–Kier alpha value is -2.51. The second kappa shape index (κ2) is 6.72. The molecule has 0 bridgehead atoms. The van der Waals surface area contributed by atoms with Gasteiger partial charge in [-0.2, -0.15) is 18.3 Å². The van der Waals surface area contributed by atoms with Gasteiger partial charge in [0.15, 0.2) is 12.3 Å². The number of benzene rings is 1. The van der Waals surface area contributed by atoms with Gasteiger partial charge in [0.25, 0.3) is 5.91 Å². The molecule has 124 valence electrons. The van der Waals surface area contributed by atoms with E-state index < -0.39 is 18.7 Å². The lowest BCUT2D eigenvalue weighted by Gasteiger charge is -2.10. The standard InChI is InChI=1S/C15H16F3N3O2/c1-9(2)12-7-13(21-20-12)14(22)19-10-4-3-5-11(6-10)23-8-15(16,17)18/h3-7,9H,8H2,1-2H3,(H,19,22)(H,20,21). The lowest BCUT2D eigenvalue weighted by atomic mass is 10.1. The average Bonchev–Trinajstić information content (AvgIpc) is 2.95. The first kappa shape index (κ1) is 16.9. The second-order valence-electron chi connectivity index (χ2n) is 5.25. The number of H-pyrrole nitrogens is 1. The molecule has 0 spiro atoms. The Labute approximate surface area is 130 Å². The molecule has 1 amide bonds. The Kier molecular flexibility index (Phi) is 4.92. The van der Waals surface area contributed by atoms with Crippen molar-refractivity contribution in [1.29, 1.82) is 0 Å². The molecule has 2 rings (SSSR count). The fourth-order valence-corrected chi connectivity index (χ4v) is 1.77. The van der Waals surface area contributed by atoms with E-state index in [1.165, 1.54) is 18.2 Å². The molecule has 0 atom stereocenters. The van der Waals surface area contributed by atoms with Crippen LogP contribution in [0.2, 0.25) is 0 Å². The van der Waals surface area contributed by atoms with Crippen LogP contribution in [-0.2, 0) is 0 Å². The summed E-state index contributed by atoms with van der Waals surface area (Å²) in [5.41, 5.74) is 1.34. The molecule has 0 fully saturated rings. The number of hydrogen-bond acceptors (Lipinski definition) is 3. The van der Waals surface area contributed by atoms with Crippen molar-refractivity contribution in [1.82, 2.24) is 10.2 Å². The van der Waals surface area contributed by atoms with E-state index >= 15 is 0 Å². The van der Waals surface area contributed by atoms with Gasteiger partial charge in [-0.25, -0.2) is 0 Å². The predicted molar refractivity (Wildman–Crippen MR) is 78.6 cm³/mol. The summed E-state index contributed by atoms with van der Waals surface area (Å²) in [5, 5.41) is 9.23. The number of nitrogens with one attached hydrogen (secondary N) is 2. The van der Waals surface area contributed by atoms with Crippen molar-refractivity contribution in [3.63, 3.8) is 0 Å². The number of ether oxygens (including phenoxy) is 1. The van der Waals surface area contributed by atoms with Gasteiger partial charge in [-0.1, -0.05) is 19.9 Å². The molecule has 1 aromatic heterocycles. The van der Waals surface area contributed by atoms with Crippen LogP contribution in [0.1, 0.15) is 35.9 Å². The number of carbonyl (C=O) groups excluding carboxylic acids is 1. The van der Waals surface area contributed by atoms with E-state index in [9.17, 15) is 18.0 Å². The van der Waals surface area contributed by atoms with Gasteiger partial charge in [0.2, 0.25) is 0 Å². The topological polar surface area (TPSA) is 67.0 Å². The number of anilines is 1. The molecule has 0 aliphatic rings. The Morgan fingerprint density at radius 3 is 2.70 bits per heavy atom. The predicted octanol–water partition coefficient (Wildman–Crippen LogP) is 3.73. The zero-order valence-electron chi connectivity index (χ0n) is 12.6. The highest BCUT2D eigenvalue weighted by molar-refractivity contribution is 6.03. The van der Waals surface area contributed by atoms with Crippen LogP contribution in [0.15, 0.2) is 30.3 Å². The maximum Gasteiger partial charge on any atom is 0.422 e. The summed E-state index contributed by atoms with van der Waals surface area (Å²) in [6.45, 7) is 2.52. The molecule has 0 saturated carbocycles. The molecule has 0 radical (unpaired) electrons. The fraction of sp³-hybridized carbons (Fsp3) is 0.333. The first-order valence-corrected chi connectivity index (χ1v) is 6.91. The molecule has 1 aromatic carbocycles. The third-order valence-corrected chi connectivity index (χ3v) is 2.95. The Balaban J connectivity index is 2.03. The van der Waals surface area contributed by atoms with E-state index in [4.69, 9.17) is 0 Å². The molecule has 5 nitrogen and oxygen atoms in total. The second-order valence-corrected chi connectivity index (χ2v) is 5.25. The first-order valence-electron chi connectivity index (χ1n) is 6.91. The van der Waals surface area contributed by atoms with Crippen molar-refractivity contribution in [3.05, 3.63) is 41.7 Å². The first-order chi connectivity index (χ1) is 10.7. The summed E-state index contributed by atoms with van der Waals surface area (Å²) < 4.78 is 41.0. The van der Waals surface area contributed by atoms with Crippen LogP contribution in [0.5, 0.6) is 5.75 Å². The van der Waals surface area contributed by atoms with Gasteiger partial charge in [-0.3, -0.25) is 9.89 Å². The highest BCUT2D eigenvalue weighted by atomic mass is 19.4. The maximum absolute atomic E-state index is 12.1. The monoisotopic (exact) mass is 327 g/mol. The third kappa shape index (κ3) is 5.01. The van der Waals surface area contributed by atoms with Crippen LogP contribution in [0.4, 0.5) is 18.9 Å². The van der Waals surface area contributed by atoms with Gasteiger partial charge in [0.05, 0.1) is 0 Å². The molecule has 23 heavy (non-hydrogen) atoms. The SMILES string of the molecule is CC(C)c1cc(C(=O)Nc2cccc(OCC(F)(F)F)c2)n[nH]1. The van der Waals surface area contributed by atoms with Crippen molar-refractivity contribution in [2.75, 3.05) is 11.9 Å². The molecule has 0 aliphatic carbocycles. The summed E-state index contributed by atoms with van der Waals surface area (Å²) in [6, 6.07) is 7.37. The van der Waals surface area contributed by atoms with Gasteiger partial charge in [0, 0.05) is 17.4 Å². The molecule has 2 N–H and O–H groups in total. The quantitative estimate of drug-likeness (QED) is 0.879. The van der Waals surface area contributed by atoms with Crippen molar-refractivity contribution in [2.24, 2.45) is 0 Å². The van der Waals surface area contributed by atoms with Gasteiger partial charge in [0.1, 0.15) is 5.75 Å². The van der Waals surface area contributed by atoms with Crippen molar-refractivity contribution >= 4 is 11.6 Å². The zero-order valence-corrected chi connectivity index (χ0v) is 12.6. The van der Waals surface area contributed by atoms with E-state index in [-0.39, 0.29) is 17.4 Å². The summed E-state index contributed by atoms with van der Waals surface area (Å²) in [6.07, 6.45) is -4.42. The highest BCUT2D eigenvalue weighted by Crippen LogP contribution is 2.22. The van der Waals surface area contributed by atoms with E-state index in [2.05, 4.69) is 20.3 Å². The fourth-order valence-electron chi connectivity index (χ4n) is 1.77. The minimum Gasteiger partial charge on any atom is -0.484 e. The van der Waals surface area contributed by atoms with Crippen molar-refractivity contribution in [2.45, 2.75) is 25.9 Å². The number of amides is 1. The smallest absolute Gasteiger partial charge is 0.422 e. The molecule has 1 heterocycles. The molecular formula is C15H16F3N3O2. The average molecular weight is 327 g/mol. The third-order valence-electron chi connectivity index (χ3n) is 2.95. The van der Waals surface area contributed by atoms with Crippen LogP contribution >= 0.6 is 0 Å². The highest BCUT2D eigenvalue weighted by Gasteiger charge is 2.28. The molecular weight excluding hydrogens is 311 g/mol. The minimum absolute atomic E-state index is 0.0185. The largest absolute Gasteiger partial charge is 0.484 e. The Morgan fingerprint density at radius 1 is 1.35 bits per heavy atom. The van der Waals surface area contributed by atoms with Gasteiger partial charge in [-0.15, -0.1) is 0 Å². The summed E-state index contributed by atoms with van der Waals surface area (Å²) >= 11 is 0. The lowest BCUT2D eigenvalue weighted by molar-refractivity contribution is -0.153. The number of hydrogen-bond donors (Lipinski definition) is 2. The molecule has 0 saturated heterocycles.